The Morgan fingerprint density at radius 3 is 2.31 bits per heavy atom. The summed E-state index contributed by atoms with van der Waals surface area (Å²) in [5, 5.41) is 24.6. The molecule has 2 atom stereocenters. The van der Waals surface area contributed by atoms with E-state index in [4.69, 9.17) is 5.11 Å². The highest BCUT2D eigenvalue weighted by Crippen LogP contribution is 2.20. The predicted octanol–water partition coefficient (Wildman–Crippen LogP) is 1.21. The second kappa shape index (κ2) is 8.98. The van der Waals surface area contributed by atoms with E-state index in [1.807, 2.05) is 54.6 Å². The Labute approximate surface area is 165 Å². The van der Waals surface area contributed by atoms with Crippen LogP contribution in [0.4, 0.5) is 0 Å². The molecule has 3 aromatic rings. The minimum absolute atomic E-state index is 0.219. The number of carboxylic acid groups (broad SMARTS) is 1. The van der Waals surface area contributed by atoms with Crippen molar-refractivity contribution in [2.24, 2.45) is 0 Å². The van der Waals surface area contributed by atoms with Crippen molar-refractivity contribution in [2.45, 2.75) is 25.0 Å². The molecule has 0 radical (unpaired) electrons. The molecule has 2 aromatic carbocycles. The zero-order chi connectivity index (χ0) is 20.8. The molecule has 1 amide bonds. The van der Waals surface area contributed by atoms with Gasteiger partial charge in [-0.3, -0.25) is 14.3 Å². The summed E-state index contributed by atoms with van der Waals surface area (Å²) in [6, 6.07) is 16.7. The fraction of sp³-hybridized carbons (Fsp3) is 0.200. The summed E-state index contributed by atoms with van der Waals surface area (Å²) in [4.78, 5) is 36.4. The maximum atomic E-state index is 12.2. The molecule has 0 aliphatic carbocycles. The average Bonchev–Trinajstić information content (AvgIpc) is 3.15. The summed E-state index contributed by atoms with van der Waals surface area (Å²) in [7, 11) is 0. The molecule has 0 bridgehead atoms. The van der Waals surface area contributed by atoms with Crippen molar-refractivity contribution >= 4 is 11.9 Å². The molecule has 0 spiro atoms. The molecule has 3 rings (SSSR count). The van der Waals surface area contributed by atoms with Crippen LogP contribution in [0.1, 0.15) is 22.6 Å². The molecule has 0 aliphatic heterocycles. The van der Waals surface area contributed by atoms with Crippen molar-refractivity contribution in [3.05, 3.63) is 76.5 Å². The van der Waals surface area contributed by atoms with Crippen LogP contribution >= 0.6 is 0 Å². The minimum atomic E-state index is -1.65. The Morgan fingerprint density at radius 2 is 1.72 bits per heavy atom. The minimum Gasteiger partial charge on any atom is -0.479 e. The van der Waals surface area contributed by atoms with Gasteiger partial charge in [0.05, 0.1) is 0 Å². The topological polar surface area (TPSA) is 146 Å². The Hall–Kier alpha value is -3.72. The first-order chi connectivity index (χ1) is 13.9. The van der Waals surface area contributed by atoms with Crippen LogP contribution in [-0.2, 0) is 11.2 Å². The summed E-state index contributed by atoms with van der Waals surface area (Å²) >= 11 is 0. The number of aliphatic carboxylic acids is 1. The first kappa shape index (κ1) is 20.0. The second-order valence-corrected chi connectivity index (χ2v) is 6.47. The number of H-pyrrole nitrogens is 1. The van der Waals surface area contributed by atoms with Gasteiger partial charge in [0.2, 0.25) is 5.82 Å². The smallest absolute Gasteiger partial charge is 0.439 e. The zero-order valence-corrected chi connectivity index (χ0v) is 15.2. The van der Waals surface area contributed by atoms with E-state index in [0.29, 0.717) is 0 Å². The van der Waals surface area contributed by atoms with Crippen molar-refractivity contribution < 1.29 is 24.3 Å². The van der Waals surface area contributed by atoms with Crippen LogP contribution in [0, 0.1) is 0 Å². The number of nitrogens with one attached hydrogen (secondary N) is 2. The Kier molecular flexibility index (Phi) is 6.20. The number of hydrogen-bond donors (Lipinski definition) is 4. The van der Waals surface area contributed by atoms with Gasteiger partial charge in [-0.15, -0.1) is 0 Å². The predicted molar refractivity (Wildman–Crippen MR) is 102 cm³/mol. The number of nitrogens with zero attached hydrogens (tertiary/aromatic N) is 1. The normalized spacial score (nSPS) is 12.9. The van der Waals surface area contributed by atoms with Crippen molar-refractivity contribution in [3.63, 3.8) is 0 Å². The summed E-state index contributed by atoms with van der Waals surface area (Å²) in [5.74, 6) is -3.34. The highest BCUT2D eigenvalue weighted by molar-refractivity contribution is 5.90. The molecular weight excluding hydrogens is 378 g/mol. The van der Waals surface area contributed by atoms with Crippen molar-refractivity contribution in [1.29, 1.82) is 0 Å². The first-order valence-corrected chi connectivity index (χ1v) is 8.84. The molecule has 4 N–H and O–H groups in total. The van der Waals surface area contributed by atoms with E-state index in [0.717, 1.165) is 16.7 Å². The highest BCUT2D eigenvalue weighted by Gasteiger charge is 2.23. The lowest BCUT2D eigenvalue weighted by Gasteiger charge is -2.20. The van der Waals surface area contributed by atoms with Gasteiger partial charge in [-0.25, -0.2) is 9.59 Å². The Morgan fingerprint density at radius 1 is 1.07 bits per heavy atom. The first-order valence-electron chi connectivity index (χ1n) is 8.84. The number of aromatic nitrogens is 2. The van der Waals surface area contributed by atoms with Crippen molar-refractivity contribution in [2.75, 3.05) is 0 Å². The molecule has 2 unspecified atom stereocenters. The van der Waals surface area contributed by atoms with E-state index in [-0.39, 0.29) is 18.7 Å². The maximum Gasteiger partial charge on any atom is 0.439 e. The SMILES string of the molecule is O=C(NC(Cc1ccc(-c2ccccc2)cc1)CC(O)C(=O)O)c1noc(=O)[nH]1. The molecule has 0 saturated heterocycles. The van der Waals surface area contributed by atoms with E-state index in [2.05, 4.69) is 20.0 Å². The van der Waals surface area contributed by atoms with Gasteiger partial charge in [0.15, 0.2) is 6.10 Å². The van der Waals surface area contributed by atoms with Crippen LogP contribution in [0.3, 0.4) is 0 Å². The summed E-state index contributed by atoms with van der Waals surface area (Å²) in [5.41, 5.74) is 2.90. The van der Waals surface area contributed by atoms with Crippen LogP contribution in [0.5, 0.6) is 0 Å². The quantitative estimate of drug-likeness (QED) is 0.447. The lowest BCUT2D eigenvalue weighted by Crippen LogP contribution is -2.41. The van der Waals surface area contributed by atoms with Crippen LogP contribution in [-0.4, -0.2) is 44.4 Å². The number of hydrogen-bond acceptors (Lipinski definition) is 6. The van der Waals surface area contributed by atoms with Gasteiger partial charge < -0.3 is 15.5 Å². The number of carboxylic acids is 1. The summed E-state index contributed by atoms with van der Waals surface area (Å²) < 4.78 is 4.29. The van der Waals surface area contributed by atoms with E-state index in [9.17, 15) is 19.5 Å². The highest BCUT2D eigenvalue weighted by atomic mass is 16.5. The van der Waals surface area contributed by atoms with Crippen LogP contribution < -0.4 is 11.1 Å². The van der Waals surface area contributed by atoms with Gasteiger partial charge in [0.1, 0.15) is 0 Å². The number of carbonyl (C=O) groups is 2. The maximum absolute atomic E-state index is 12.2. The molecule has 0 aliphatic rings. The fourth-order valence-corrected chi connectivity index (χ4v) is 2.89. The summed E-state index contributed by atoms with van der Waals surface area (Å²) in [6.45, 7) is 0. The molecule has 0 fully saturated rings. The van der Waals surface area contributed by atoms with Gasteiger partial charge in [0, 0.05) is 12.5 Å². The van der Waals surface area contributed by atoms with Gasteiger partial charge >= 0.3 is 11.7 Å². The van der Waals surface area contributed by atoms with Crippen LogP contribution in [0.15, 0.2) is 63.9 Å². The summed E-state index contributed by atoms with van der Waals surface area (Å²) in [6.07, 6.45) is -1.60. The zero-order valence-electron chi connectivity index (χ0n) is 15.2. The number of aliphatic hydroxyl groups is 1. The van der Waals surface area contributed by atoms with Gasteiger partial charge in [0.25, 0.3) is 5.91 Å². The lowest BCUT2D eigenvalue weighted by atomic mass is 9.98. The molecule has 9 heteroatoms. The molecular formula is C20H19N3O6. The van der Waals surface area contributed by atoms with E-state index in [1.54, 1.807) is 0 Å². The second-order valence-electron chi connectivity index (χ2n) is 6.47. The average molecular weight is 397 g/mol. The molecule has 1 heterocycles. The largest absolute Gasteiger partial charge is 0.479 e. The van der Waals surface area contributed by atoms with E-state index >= 15 is 0 Å². The van der Waals surface area contributed by atoms with Crippen molar-refractivity contribution in [1.82, 2.24) is 15.5 Å². The van der Waals surface area contributed by atoms with Crippen molar-refractivity contribution in [3.8, 4) is 11.1 Å². The molecule has 29 heavy (non-hydrogen) atoms. The van der Waals surface area contributed by atoms with Gasteiger partial charge in [-0.2, -0.15) is 0 Å². The third-order valence-electron chi connectivity index (χ3n) is 4.33. The molecule has 0 saturated carbocycles. The number of benzene rings is 2. The third-order valence-corrected chi connectivity index (χ3v) is 4.33. The van der Waals surface area contributed by atoms with Crippen LogP contribution in [0.25, 0.3) is 11.1 Å². The number of carbonyl (C=O) groups excluding carboxylic acids is 1. The van der Waals surface area contributed by atoms with Gasteiger partial charge in [-0.05, 0) is 28.3 Å². The van der Waals surface area contributed by atoms with Gasteiger partial charge in [-0.1, -0.05) is 54.6 Å². The fourth-order valence-electron chi connectivity index (χ4n) is 2.89. The molecule has 1 aromatic heterocycles. The number of aliphatic hydroxyl groups excluding tert-OH is 1. The number of amides is 1. The van der Waals surface area contributed by atoms with E-state index < -0.39 is 29.8 Å². The van der Waals surface area contributed by atoms with Crippen LogP contribution in [0.2, 0.25) is 0 Å². The Balaban J connectivity index is 1.74. The third kappa shape index (κ3) is 5.39. The van der Waals surface area contributed by atoms with E-state index in [1.165, 1.54) is 0 Å². The monoisotopic (exact) mass is 397 g/mol. The number of aromatic amines is 1. The lowest BCUT2D eigenvalue weighted by molar-refractivity contribution is -0.147. The number of rotatable bonds is 8. The molecule has 9 nitrogen and oxygen atoms in total. The standard InChI is InChI=1S/C20H19N3O6/c24-16(19(26)27)11-15(21-18(25)17-22-20(28)29-23-17)10-12-6-8-14(9-7-12)13-4-2-1-3-5-13/h1-9,15-16,24H,10-11H2,(H,21,25)(H,26,27)(H,22,23,28). The molecule has 150 valence electrons. The Bertz CT molecular complexity index is 1030.